The lowest BCUT2D eigenvalue weighted by molar-refractivity contribution is -0.132. The van der Waals surface area contributed by atoms with E-state index in [1.165, 1.54) is 0 Å². The Hall–Kier alpha value is -0.370. The summed E-state index contributed by atoms with van der Waals surface area (Å²) in [7, 11) is 0. The molecule has 1 aliphatic rings. The molecular weight excluding hydrogens is 128 g/mol. The van der Waals surface area contributed by atoms with E-state index in [2.05, 4.69) is 0 Å². The first-order valence-electron chi connectivity index (χ1n) is 3.99. The highest BCUT2D eigenvalue weighted by Crippen LogP contribution is 2.16. The van der Waals surface area contributed by atoms with Crippen LogP contribution in [0.25, 0.3) is 0 Å². The molecule has 1 atom stereocenters. The van der Waals surface area contributed by atoms with Crippen LogP contribution >= 0.6 is 0 Å². The summed E-state index contributed by atoms with van der Waals surface area (Å²) in [6.07, 6.45) is 3.80. The highest BCUT2D eigenvalue weighted by atomic mass is 16.5. The minimum absolute atomic E-state index is 0.0706. The molecule has 1 fully saturated rings. The molecule has 0 spiro atoms. The Balaban J connectivity index is 2.32. The zero-order chi connectivity index (χ0) is 7.40. The molecule has 58 valence electrons. The van der Waals surface area contributed by atoms with Crippen molar-refractivity contribution in [2.75, 3.05) is 6.61 Å². The Bertz CT molecular complexity index is 118. The van der Waals surface area contributed by atoms with Crippen LogP contribution in [0.1, 0.15) is 32.6 Å². The number of rotatable bonds is 2. The second-order valence-electron chi connectivity index (χ2n) is 2.66. The van der Waals surface area contributed by atoms with Gasteiger partial charge in [-0.15, -0.1) is 0 Å². The van der Waals surface area contributed by atoms with Gasteiger partial charge < -0.3 is 4.74 Å². The number of carbonyl (C=O) groups excluding carboxylic acids is 1. The smallest absolute Gasteiger partial charge is 0.161 e. The predicted molar refractivity (Wildman–Crippen MR) is 38.9 cm³/mol. The van der Waals surface area contributed by atoms with Crippen LogP contribution in [0.3, 0.4) is 0 Å². The molecule has 1 saturated carbocycles. The molecular formula is C8H14O2. The number of ether oxygens (including phenoxy) is 1. The maximum atomic E-state index is 11.1. The molecule has 0 N–H and O–H groups in total. The molecule has 2 heteroatoms. The first-order valence-corrected chi connectivity index (χ1v) is 3.99. The van der Waals surface area contributed by atoms with Crippen LogP contribution in [0.4, 0.5) is 0 Å². The third kappa shape index (κ3) is 1.81. The number of hydrogen-bond acceptors (Lipinski definition) is 2. The molecule has 0 saturated heterocycles. The van der Waals surface area contributed by atoms with Crippen molar-refractivity contribution in [2.45, 2.75) is 38.7 Å². The zero-order valence-electron chi connectivity index (χ0n) is 6.43. The molecule has 0 aromatic heterocycles. The Morgan fingerprint density at radius 3 is 3.00 bits per heavy atom. The van der Waals surface area contributed by atoms with Crippen LogP contribution < -0.4 is 0 Å². The van der Waals surface area contributed by atoms with Gasteiger partial charge in [0.25, 0.3) is 0 Å². The van der Waals surface area contributed by atoms with Crippen LogP contribution in [0.2, 0.25) is 0 Å². The number of hydrogen-bond donors (Lipinski definition) is 0. The van der Waals surface area contributed by atoms with Crippen LogP contribution in [-0.2, 0) is 9.53 Å². The SMILES string of the molecule is CCOC1CCCCC1=O. The first-order chi connectivity index (χ1) is 4.84. The number of ketones is 1. The van der Waals surface area contributed by atoms with Gasteiger partial charge in [0.15, 0.2) is 5.78 Å². The normalized spacial score (nSPS) is 26.9. The summed E-state index contributed by atoms with van der Waals surface area (Å²) in [6.45, 7) is 2.60. The van der Waals surface area contributed by atoms with Crippen molar-refractivity contribution in [1.82, 2.24) is 0 Å². The van der Waals surface area contributed by atoms with Crippen LogP contribution in [-0.4, -0.2) is 18.5 Å². The largest absolute Gasteiger partial charge is 0.371 e. The fourth-order valence-electron chi connectivity index (χ4n) is 1.33. The molecule has 0 aromatic carbocycles. The minimum atomic E-state index is -0.0706. The molecule has 0 aromatic rings. The highest BCUT2D eigenvalue weighted by Gasteiger charge is 2.21. The molecule has 0 aliphatic heterocycles. The van der Waals surface area contributed by atoms with Gasteiger partial charge in [-0.25, -0.2) is 0 Å². The summed E-state index contributed by atoms with van der Waals surface area (Å²) in [5.74, 6) is 0.299. The van der Waals surface area contributed by atoms with Gasteiger partial charge in [0.05, 0.1) is 0 Å². The topological polar surface area (TPSA) is 26.3 Å². The van der Waals surface area contributed by atoms with Gasteiger partial charge in [0, 0.05) is 13.0 Å². The third-order valence-electron chi connectivity index (χ3n) is 1.87. The second-order valence-corrected chi connectivity index (χ2v) is 2.66. The summed E-state index contributed by atoms with van der Waals surface area (Å²) >= 11 is 0. The zero-order valence-corrected chi connectivity index (χ0v) is 6.43. The molecule has 1 aliphatic carbocycles. The monoisotopic (exact) mass is 142 g/mol. The van der Waals surface area contributed by atoms with E-state index in [4.69, 9.17) is 4.74 Å². The maximum absolute atomic E-state index is 11.1. The summed E-state index contributed by atoms with van der Waals surface area (Å²) < 4.78 is 5.25. The van der Waals surface area contributed by atoms with Crippen molar-refractivity contribution in [3.05, 3.63) is 0 Å². The van der Waals surface area contributed by atoms with Gasteiger partial charge >= 0.3 is 0 Å². The van der Waals surface area contributed by atoms with Crippen LogP contribution in [0, 0.1) is 0 Å². The van der Waals surface area contributed by atoms with Gasteiger partial charge in [-0.1, -0.05) is 0 Å². The van der Waals surface area contributed by atoms with E-state index >= 15 is 0 Å². The molecule has 0 radical (unpaired) electrons. The Labute approximate surface area is 61.6 Å². The van der Waals surface area contributed by atoms with Gasteiger partial charge in [-0.05, 0) is 26.2 Å². The van der Waals surface area contributed by atoms with Gasteiger partial charge in [-0.2, -0.15) is 0 Å². The van der Waals surface area contributed by atoms with E-state index in [1.54, 1.807) is 0 Å². The van der Waals surface area contributed by atoms with Crippen molar-refractivity contribution in [3.63, 3.8) is 0 Å². The second kappa shape index (κ2) is 3.71. The molecule has 2 nitrogen and oxygen atoms in total. The summed E-state index contributed by atoms with van der Waals surface area (Å²) in [5, 5.41) is 0. The lowest BCUT2D eigenvalue weighted by Gasteiger charge is -2.19. The fraction of sp³-hybridized carbons (Fsp3) is 0.875. The highest BCUT2D eigenvalue weighted by molar-refractivity contribution is 5.83. The lowest BCUT2D eigenvalue weighted by Crippen LogP contribution is -2.27. The average molecular weight is 142 g/mol. The van der Waals surface area contributed by atoms with Crippen LogP contribution in [0.5, 0.6) is 0 Å². The standard InChI is InChI=1S/C8H14O2/c1-2-10-8-6-4-3-5-7(8)9/h8H,2-6H2,1H3. The molecule has 1 rings (SSSR count). The predicted octanol–water partition coefficient (Wildman–Crippen LogP) is 1.53. The average Bonchev–Trinajstić information content (AvgIpc) is 1.94. The molecule has 1 unspecified atom stereocenters. The van der Waals surface area contributed by atoms with Gasteiger partial charge in [0.1, 0.15) is 6.10 Å². The Morgan fingerprint density at radius 2 is 2.40 bits per heavy atom. The van der Waals surface area contributed by atoms with Crippen molar-refractivity contribution in [2.24, 2.45) is 0 Å². The van der Waals surface area contributed by atoms with Crippen molar-refractivity contribution in [1.29, 1.82) is 0 Å². The molecule has 0 heterocycles. The van der Waals surface area contributed by atoms with E-state index in [0.717, 1.165) is 25.7 Å². The van der Waals surface area contributed by atoms with Crippen molar-refractivity contribution < 1.29 is 9.53 Å². The first kappa shape index (κ1) is 7.73. The van der Waals surface area contributed by atoms with Gasteiger partial charge in [0.2, 0.25) is 0 Å². The van der Waals surface area contributed by atoms with E-state index in [0.29, 0.717) is 12.4 Å². The molecule has 0 bridgehead atoms. The summed E-state index contributed by atoms with van der Waals surface area (Å²) in [6, 6.07) is 0. The Kier molecular flexibility index (Phi) is 2.87. The van der Waals surface area contributed by atoms with E-state index in [9.17, 15) is 4.79 Å². The van der Waals surface area contributed by atoms with Crippen molar-refractivity contribution >= 4 is 5.78 Å². The van der Waals surface area contributed by atoms with Gasteiger partial charge in [-0.3, -0.25) is 4.79 Å². The quantitative estimate of drug-likeness (QED) is 0.584. The van der Waals surface area contributed by atoms with E-state index in [-0.39, 0.29) is 6.10 Å². The van der Waals surface area contributed by atoms with Crippen molar-refractivity contribution in [3.8, 4) is 0 Å². The summed E-state index contributed by atoms with van der Waals surface area (Å²) in [4.78, 5) is 11.1. The third-order valence-corrected chi connectivity index (χ3v) is 1.87. The van der Waals surface area contributed by atoms with Crippen LogP contribution in [0.15, 0.2) is 0 Å². The summed E-state index contributed by atoms with van der Waals surface area (Å²) in [5.41, 5.74) is 0. The maximum Gasteiger partial charge on any atom is 0.161 e. The number of carbonyl (C=O) groups is 1. The lowest BCUT2D eigenvalue weighted by atomic mass is 9.96. The molecule has 0 amide bonds. The molecule has 10 heavy (non-hydrogen) atoms. The van der Waals surface area contributed by atoms with E-state index < -0.39 is 0 Å². The number of Topliss-reactive ketones (excluding diaryl/α,β-unsaturated/α-hetero) is 1. The minimum Gasteiger partial charge on any atom is -0.371 e. The van der Waals surface area contributed by atoms with E-state index in [1.807, 2.05) is 6.92 Å². The fourth-order valence-corrected chi connectivity index (χ4v) is 1.33. The Morgan fingerprint density at radius 1 is 1.60 bits per heavy atom.